The molecule has 2 amide bonds. The predicted octanol–water partition coefficient (Wildman–Crippen LogP) is -0.630. The first kappa shape index (κ1) is 18.3. The van der Waals surface area contributed by atoms with Gasteiger partial charge in [-0.05, 0) is 18.2 Å². The number of hydrogen-bond donors (Lipinski definition) is 2. The highest BCUT2D eigenvalue weighted by Crippen LogP contribution is 2.38. The van der Waals surface area contributed by atoms with Gasteiger partial charge in [-0.3, -0.25) is 24.0 Å². The van der Waals surface area contributed by atoms with Gasteiger partial charge in [-0.25, -0.2) is 8.42 Å². The van der Waals surface area contributed by atoms with E-state index >= 15 is 0 Å². The molecule has 1 atom stereocenters. The van der Waals surface area contributed by atoms with E-state index in [1.54, 1.807) is 0 Å². The van der Waals surface area contributed by atoms with Crippen LogP contribution in [-0.4, -0.2) is 52.7 Å². The number of carbonyl (C=O) groups is 2. The van der Waals surface area contributed by atoms with Crippen molar-refractivity contribution < 1.29 is 31.6 Å². The summed E-state index contributed by atoms with van der Waals surface area (Å²) in [7, 11) is 0.516. The van der Waals surface area contributed by atoms with Crippen molar-refractivity contribution in [3.05, 3.63) is 35.4 Å². The molecule has 26 heavy (non-hydrogen) atoms. The fourth-order valence-corrected chi connectivity index (χ4v) is 3.29. The van der Waals surface area contributed by atoms with Crippen LogP contribution in [0.4, 0.5) is 11.4 Å². The third-order valence-electron chi connectivity index (χ3n) is 4.40. The van der Waals surface area contributed by atoms with Crippen LogP contribution in [0, 0.1) is 0 Å². The van der Waals surface area contributed by atoms with E-state index in [4.69, 9.17) is 0 Å². The summed E-state index contributed by atoms with van der Waals surface area (Å²) in [6.45, 7) is 0.862. The van der Waals surface area contributed by atoms with Gasteiger partial charge in [-0.2, -0.15) is 0 Å². The minimum atomic E-state index is -4.41. The van der Waals surface area contributed by atoms with E-state index in [2.05, 4.69) is 21.4 Å². The summed E-state index contributed by atoms with van der Waals surface area (Å²) in [4.78, 5) is 27.5. The average molecular weight is 379 g/mol. The molecule has 2 aromatic carbocycles. The van der Waals surface area contributed by atoms with Crippen LogP contribution in [0.15, 0.2) is 24.3 Å². The molecule has 138 valence electrons. The molecule has 2 N–H and O–H groups in total. The van der Waals surface area contributed by atoms with E-state index < -0.39 is 10.4 Å². The van der Waals surface area contributed by atoms with Crippen molar-refractivity contribution in [3.63, 3.8) is 0 Å². The Hall–Kier alpha value is -2.53. The molecule has 0 fully saturated rings. The molecular formula is C16H17N3O6S. The lowest BCUT2D eigenvalue weighted by Crippen LogP contribution is -3.06. The quantitative estimate of drug-likeness (QED) is 0.384. The molecule has 2 aliphatic heterocycles. The van der Waals surface area contributed by atoms with E-state index in [-0.39, 0.29) is 11.8 Å². The van der Waals surface area contributed by atoms with Gasteiger partial charge in [0.05, 0.1) is 25.2 Å². The molecule has 2 aliphatic rings. The molecule has 4 rings (SSSR count). The van der Waals surface area contributed by atoms with Gasteiger partial charge < -0.3 is 9.45 Å². The Morgan fingerprint density at radius 2 is 1.65 bits per heavy atom. The number of rotatable bonds is 1. The monoisotopic (exact) mass is 379 g/mol. The van der Waals surface area contributed by atoms with Gasteiger partial charge in [0.25, 0.3) is 11.8 Å². The second-order valence-corrected chi connectivity index (χ2v) is 7.19. The van der Waals surface area contributed by atoms with Gasteiger partial charge in [0.2, 0.25) is 10.4 Å². The summed E-state index contributed by atoms with van der Waals surface area (Å²) in [5, 5.41) is 4.21. The molecule has 2 aromatic rings. The number of carbonyl (C=O) groups excluding carboxylic acids is 2. The van der Waals surface area contributed by atoms with Gasteiger partial charge in [0, 0.05) is 29.6 Å². The third-order valence-corrected chi connectivity index (χ3v) is 4.81. The smallest absolute Gasteiger partial charge is 0.258 e. The lowest BCUT2D eigenvalue weighted by Gasteiger charge is -2.32. The van der Waals surface area contributed by atoms with Gasteiger partial charge in [-0.15, -0.1) is 0 Å². The third kappa shape index (κ3) is 3.03. The zero-order valence-corrected chi connectivity index (χ0v) is 15.1. The molecule has 9 nitrogen and oxygen atoms in total. The highest BCUT2D eigenvalue weighted by molar-refractivity contribution is 7.80. The Labute approximate surface area is 150 Å². The molecule has 1 unspecified atom stereocenters. The van der Waals surface area contributed by atoms with Crippen molar-refractivity contribution in [2.24, 2.45) is 0 Å². The molecular weight excluding hydrogens is 362 g/mol. The van der Waals surface area contributed by atoms with Crippen LogP contribution in [0.5, 0.6) is 0 Å². The Morgan fingerprint density at radius 3 is 2.19 bits per heavy atom. The first-order chi connectivity index (χ1) is 12.1. The highest BCUT2D eigenvalue weighted by Gasteiger charge is 2.32. The van der Waals surface area contributed by atoms with Crippen molar-refractivity contribution in [1.82, 2.24) is 5.32 Å². The van der Waals surface area contributed by atoms with E-state index in [1.165, 1.54) is 4.90 Å². The Balaban J connectivity index is 0.000000286. The second-order valence-electron chi connectivity index (χ2n) is 6.04. The number of nitrogens with zero attached hydrogens (tertiary/aromatic N) is 1. The van der Waals surface area contributed by atoms with Crippen molar-refractivity contribution in [3.8, 4) is 0 Å². The lowest BCUT2D eigenvalue weighted by molar-refractivity contribution is -0.809. The summed E-state index contributed by atoms with van der Waals surface area (Å²) >= 11 is 0. The molecule has 0 spiro atoms. The van der Waals surface area contributed by atoms with E-state index in [1.807, 2.05) is 31.3 Å². The van der Waals surface area contributed by atoms with E-state index in [9.17, 15) is 22.6 Å². The van der Waals surface area contributed by atoms with Crippen LogP contribution in [0.1, 0.15) is 20.7 Å². The summed E-state index contributed by atoms with van der Waals surface area (Å²) < 4.78 is 31.0. The summed E-state index contributed by atoms with van der Waals surface area (Å²) in [5.74, 6) is -0.617. The number of benzene rings is 2. The van der Waals surface area contributed by atoms with E-state index in [0.717, 1.165) is 35.9 Å². The largest absolute Gasteiger partial charge is 0.726 e. The topological polar surface area (TPSA) is 120 Å². The fourth-order valence-electron chi connectivity index (χ4n) is 3.29. The van der Waals surface area contributed by atoms with Crippen molar-refractivity contribution in [2.75, 3.05) is 32.8 Å². The Kier molecular flexibility index (Phi) is 4.44. The lowest BCUT2D eigenvalue weighted by atomic mass is 9.91. The van der Waals surface area contributed by atoms with Gasteiger partial charge in [0.1, 0.15) is 5.69 Å². The maximum absolute atomic E-state index is 12.0. The number of quaternary nitrogens is 1. The van der Waals surface area contributed by atoms with Crippen LogP contribution < -0.4 is 15.1 Å². The van der Waals surface area contributed by atoms with E-state index in [0.29, 0.717) is 11.1 Å². The SMILES string of the molecule is CN1C[NH+](C)c2ccc3c4c(ccc1c24)C(=O)NC3=O.COS(=O)(=O)[O-]. The number of hydrogen-bond acceptors (Lipinski definition) is 7. The minimum Gasteiger partial charge on any atom is -0.726 e. The van der Waals surface area contributed by atoms with Crippen LogP contribution in [0.3, 0.4) is 0 Å². The molecule has 0 aromatic heterocycles. The zero-order chi connectivity index (χ0) is 19.2. The number of nitrogens with one attached hydrogen (secondary N) is 2. The Bertz CT molecular complexity index is 973. The number of amides is 2. The standard InChI is InChI=1S/C15H13N3O2.CH4O4S/c1-17-7-18(2)11-6-4-9-12-8(14(19)16-15(9)20)3-5-10(17)13(11)12;1-5-6(2,3)4/h3-6H,7H2,1-2H3,(H,16,19,20);1H3,(H,2,3,4). The van der Waals surface area contributed by atoms with Crippen LogP contribution in [0.25, 0.3) is 10.8 Å². The molecule has 0 saturated heterocycles. The Morgan fingerprint density at radius 1 is 1.12 bits per heavy atom. The maximum atomic E-state index is 12.0. The first-order valence-corrected chi connectivity index (χ1v) is 8.98. The van der Waals surface area contributed by atoms with Crippen LogP contribution >= 0.6 is 0 Å². The fraction of sp³-hybridized carbons (Fsp3) is 0.250. The highest BCUT2D eigenvalue weighted by atomic mass is 32.3. The van der Waals surface area contributed by atoms with Crippen LogP contribution in [-0.2, 0) is 14.6 Å². The first-order valence-electron chi connectivity index (χ1n) is 7.65. The summed E-state index contributed by atoms with van der Waals surface area (Å²) in [5.41, 5.74) is 3.39. The maximum Gasteiger partial charge on any atom is 0.258 e. The molecule has 2 heterocycles. The van der Waals surface area contributed by atoms with Crippen molar-refractivity contribution in [2.45, 2.75) is 0 Å². The van der Waals surface area contributed by atoms with Gasteiger partial charge >= 0.3 is 0 Å². The van der Waals surface area contributed by atoms with Crippen LogP contribution in [0.2, 0.25) is 0 Å². The van der Waals surface area contributed by atoms with Crippen molar-refractivity contribution in [1.29, 1.82) is 0 Å². The molecule has 0 aliphatic carbocycles. The average Bonchev–Trinajstić information content (AvgIpc) is 2.57. The molecule has 0 saturated carbocycles. The molecule has 0 bridgehead atoms. The number of imide groups is 1. The second kappa shape index (κ2) is 6.32. The summed E-state index contributed by atoms with van der Waals surface area (Å²) in [6.07, 6.45) is 0. The predicted molar refractivity (Wildman–Crippen MR) is 92.3 cm³/mol. The normalized spacial score (nSPS) is 18.3. The number of anilines is 1. The van der Waals surface area contributed by atoms with Gasteiger partial charge in [0.15, 0.2) is 6.67 Å². The van der Waals surface area contributed by atoms with Crippen molar-refractivity contribution >= 4 is 44.4 Å². The molecule has 10 heteroatoms. The van der Waals surface area contributed by atoms with Gasteiger partial charge in [-0.1, -0.05) is 0 Å². The molecule has 0 radical (unpaired) electrons. The zero-order valence-electron chi connectivity index (χ0n) is 14.3. The minimum absolute atomic E-state index is 0.308. The summed E-state index contributed by atoms with van der Waals surface area (Å²) in [6, 6.07) is 7.58.